The van der Waals surface area contributed by atoms with Crippen molar-refractivity contribution in [1.82, 2.24) is 4.98 Å². The predicted octanol–water partition coefficient (Wildman–Crippen LogP) is 3.66. The van der Waals surface area contributed by atoms with Gasteiger partial charge in [0.1, 0.15) is 18.5 Å². The van der Waals surface area contributed by atoms with Gasteiger partial charge >= 0.3 is 6.18 Å². The summed E-state index contributed by atoms with van der Waals surface area (Å²) in [7, 11) is 0. The summed E-state index contributed by atoms with van der Waals surface area (Å²) in [5.41, 5.74) is -1.45. The number of aliphatic hydroxyl groups is 2. The molecule has 0 radical (unpaired) electrons. The molecule has 0 aliphatic heterocycles. The number of nitrogens with one attached hydrogen (secondary N) is 1. The summed E-state index contributed by atoms with van der Waals surface area (Å²) in [5, 5.41) is 27.8. The summed E-state index contributed by atoms with van der Waals surface area (Å²) in [5.74, 6) is -0.0835. The number of rotatable bonds is 4. The second-order valence-corrected chi connectivity index (χ2v) is 8.20. The van der Waals surface area contributed by atoms with E-state index in [1.807, 2.05) is 0 Å². The number of nitrogens with zero attached hydrogens (tertiary/aromatic N) is 1. The third-order valence-corrected chi connectivity index (χ3v) is 5.79. The zero-order valence-electron chi connectivity index (χ0n) is 17.2. The summed E-state index contributed by atoms with van der Waals surface area (Å²) in [6.07, 6.45) is -5.86. The van der Waals surface area contributed by atoms with Crippen LogP contribution in [0, 0.1) is 11.3 Å². The first kappa shape index (κ1) is 21.9. The average molecular weight is 444 g/mol. The average Bonchev–Trinajstić information content (AvgIpc) is 3.15. The highest BCUT2D eigenvalue weighted by atomic mass is 19.4. The van der Waals surface area contributed by atoms with Gasteiger partial charge in [-0.2, -0.15) is 18.4 Å². The van der Waals surface area contributed by atoms with E-state index in [1.165, 1.54) is 18.2 Å². The zero-order chi connectivity index (χ0) is 23.4. The molecule has 0 saturated heterocycles. The number of benzene rings is 2. The van der Waals surface area contributed by atoms with Crippen molar-refractivity contribution in [3.63, 3.8) is 0 Å². The molecule has 3 aromatic rings. The van der Waals surface area contributed by atoms with Gasteiger partial charge in [0.15, 0.2) is 5.78 Å². The molecular weight excluding hydrogens is 425 g/mol. The van der Waals surface area contributed by atoms with Crippen LogP contribution in [0.2, 0.25) is 0 Å². The molecule has 3 N–H and O–H groups in total. The second-order valence-electron chi connectivity index (χ2n) is 8.20. The molecule has 32 heavy (non-hydrogen) atoms. The summed E-state index contributed by atoms with van der Waals surface area (Å²) in [4.78, 5) is 16.1. The number of aromatic amines is 1. The lowest BCUT2D eigenvalue weighted by Crippen LogP contribution is -2.30. The van der Waals surface area contributed by atoms with Crippen molar-refractivity contribution >= 4 is 16.7 Å². The molecule has 0 saturated carbocycles. The Bertz CT molecular complexity index is 1290. The van der Waals surface area contributed by atoms with Crippen LogP contribution in [0.15, 0.2) is 30.3 Å². The molecule has 9 heteroatoms. The van der Waals surface area contributed by atoms with Crippen LogP contribution in [-0.2, 0) is 11.6 Å². The third kappa shape index (κ3) is 3.23. The quantitative estimate of drug-likeness (QED) is 0.570. The molecule has 4 rings (SSSR count). The Kier molecular flexibility index (Phi) is 5.03. The Morgan fingerprint density at radius 2 is 1.97 bits per heavy atom. The number of aliphatic hydroxyl groups excluding tert-OH is 2. The maximum atomic E-state index is 13.8. The van der Waals surface area contributed by atoms with Crippen molar-refractivity contribution in [3.8, 4) is 11.8 Å². The van der Waals surface area contributed by atoms with Crippen LogP contribution in [0.5, 0.6) is 5.75 Å². The van der Waals surface area contributed by atoms with E-state index in [-0.39, 0.29) is 23.1 Å². The first-order valence-electron chi connectivity index (χ1n) is 9.78. The maximum absolute atomic E-state index is 13.8. The van der Waals surface area contributed by atoms with E-state index in [0.717, 1.165) is 6.07 Å². The lowest BCUT2D eigenvalue weighted by atomic mass is 9.71. The van der Waals surface area contributed by atoms with E-state index in [4.69, 9.17) is 9.84 Å². The van der Waals surface area contributed by atoms with Gasteiger partial charge in [-0.05, 0) is 29.8 Å². The molecule has 2 aromatic carbocycles. The lowest BCUT2D eigenvalue weighted by molar-refractivity contribution is -0.136. The topological polar surface area (TPSA) is 106 Å². The van der Waals surface area contributed by atoms with Crippen LogP contribution in [-0.4, -0.2) is 40.3 Å². The monoisotopic (exact) mass is 444 g/mol. The van der Waals surface area contributed by atoms with Crippen molar-refractivity contribution < 1.29 is 32.9 Å². The van der Waals surface area contributed by atoms with Crippen LogP contribution in [0.4, 0.5) is 13.2 Å². The Morgan fingerprint density at radius 3 is 2.59 bits per heavy atom. The summed E-state index contributed by atoms with van der Waals surface area (Å²) in [6.45, 7) is 2.92. The van der Waals surface area contributed by atoms with Gasteiger partial charge in [0.25, 0.3) is 0 Å². The molecule has 1 atom stereocenters. The van der Waals surface area contributed by atoms with Crippen LogP contribution in [0.1, 0.15) is 52.2 Å². The number of alkyl halides is 3. The number of nitriles is 1. The molecule has 1 aliphatic rings. The van der Waals surface area contributed by atoms with E-state index in [0.29, 0.717) is 22.6 Å². The van der Waals surface area contributed by atoms with Gasteiger partial charge in [-0.1, -0.05) is 19.9 Å². The van der Waals surface area contributed by atoms with Crippen molar-refractivity contribution in [2.45, 2.75) is 31.5 Å². The fourth-order valence-electron chi connectivity index (χ4n) is 4.20. The van der Waals surface area contributed by atoms with Gasteiger partial charge in [0.2, 0.25) is 0 Å². The zero-order valence-corrected chi connectivity index (χ0v) is 17.2. The normalized spacial score (nSPS) is 15.8. The number of H-pyrrole nitrogens is 1. The highest BCUT2D eigenvalue weighted by Crippen LogP contribution is 2.47. The highest BCUT2D eigenvalue weighted by molar-refractivity contribution is 6.20. The Labute approximate surface area is 180 Å². The van der Waals surface area contributed by atoms with Gasteiger partial charge in [0, 0.05) is 22.1 Å². The van der Waals surface area contributed by atoms with Crippen LogP contribution in [0.3, 0.4) is 0 Å². The molecule has 0 spiro atoms. The Hall–Kier alpha value is -3.35. The summed E-state index contributed by atoms with van der Waals surface area (Å²) in [6, 6.07) is 8.71. The minimum atomic E-state index is -4.79. The smallest absolute Gasteiger partial charge is 0.419 e. The van der Waals surface area contributed by atoms with Gasteiger partial charge < -0.3 is 19.9 Å². The molecular formula is C23H19F3N2O4. The van der Waals surface area contributed by atoms with Gasteiger partial charge in [0.05, 0.1) is 34.9 Å². The van der Waals surface area contributed by atoms with E-state index in [2.05, 4.69) is 4.98 Å². The standard InChI is InChI=1S/C23H19F3N2O4/c1-22(2)16-7-13(32-10-12(30)9-29)4-6-14(16)20(31)17-15-5-3-11(8-27)18(23(24,25)26)19(15)28-21(17)22/h3-7,12,28-30H,9-10H2,1-2H3. The lowest BCUT2D eigenvalue weighted by Gasteiger charge is -2.32. The minimum Gasteiger partial charge on any atom is -0.491 e. The van der Waals surface area contributed by atoms with Crippen molar-refractivity contribution in [2.24, 2.45) is 0 Å². The fraction of sp³-hybridized carbons (Fsp3) is 0.304. The number of carbonyl (C=O) groups excluding carboxylic acids is 1. The minimum absolute atomic E-state index is 0.112. The number of carbonyl (C=O) groups is 1. The van der Waals surface area contributed by atoms with E-state index in [1.54, 1.807) is 26.0 Å². The molecule has 1 heterocycles. The molecule has 6 nitrogen and oxygen atoms in total. The molecule has 166 valence electrons. The Morgan fingerprint density at radius 1 is 1.25 bits per heavy atom. The largest absolute Gasteiger partial charge is 0.491 e. The van der Waals surface area contributed by atoms with E-state index >= 15 is 0 Å². The molecule has 0 fully saturated rings. The number of ketones is 1. The Balaban J connectivity index is 1.92. The number of aromatic nitrogens is 1. The predicted molar refractivity (Wildman–Crippen MR) is 109 cm³/mol. The fourth-order valence-corrected chi connectivity index (χ4v) is 4.20. The second kappa shape index (κ2) is 7.36. The molecule has 0 amide bonds. The molecule has 1 unspecified atom stereocenters. The molecule has 0 bridgehead atoms. The van der Waals surface area contributed by atoms with Gasteiger partial charge in [-0.25, -0.2) is 0 Å². The van der Waals surface area contributed by atoms with Crippen LogP contribution in [0.25, 0.3) is 10.9 Å². The number of hydrogen-bond acceptors (Lipinski definition) is 5. The van der Waals surface area contributed by atoms with Crippen molar-refractivity contribution in [3.05, 3.63) is 63.8 Å². The van der Waals surface area contributed by atoms with E-state index in [9.17, 15) is 28.3 Å². The third-order valence-electron chi connectivity index (χ3n) is 5.79. The highest BCUT2D eigenvalue weighted by Gasteiger charge is 2.43. The molecule has 1 aliphatic carbocycles. The van der Waals surface area contributed by atoms with E-state index < -0.39 is 41.2 Å². The van der Waals surface area contributed by atoms with Crippen molar-refractivity contribution in [2.75, 3.05) is 13.2 Å². The first-order chi connectivity index (χ1) is 15.0. The maximum Gasteiger partial charge on any atom is 0.419 e. The van der Waals surface area contributed by atoms with Crippen molar-refractivity contribution in [1.29, 1.82) is 5.26 Å². The summed E-state index contributed by atoms with van der Waals surface area (Å²) < 4.78 is 46.9. The molecule has 1 aromatic heterocycles. The number of ether oxygens (including phenoxy) is 1. The number of fused-ring (bicyclic) bond motifs is 4. The SMILES string of the molecule is CC1(C)c2cc(OCC(O)CO)ccc2C(=O)c2c1[nH]c1c(C(F)(F)F)c(C#N)ccc21. The van der Waals surface area contributed by atoms with Crippen LogP contribution >= 0.6 is 0 Å². The van der Waals surface area contributed by atoms with Crippen LogP contribution < -0.4 is 4.74 Å². The van der Waals surface area contributed by atoms with Gasteiger partial charge in [-0.3, -0.25) is 4.79 Å². The summed E-state index contributed by atoms with van der Waals surface area (Å²) >= 11 is 0. The number of hydrogen-bond donors (Lipinski definition) is 3. The number of halogens is 3. The first-order valence-corrected chi connectivity index (χ1v) is 9.78. The van der Waals surface area contributed by atoms with Gasteiger partial charge in [-0.15, -0.1) is 0 Å².